The van der Waals surface area contributed by atoms with Gasteiger partial charge in [-0.05, 0) is 38.4 Å². The van der Waals surface area contributed by atoms with Gasteiger partial charge in [0.2, 0.25) is 0 Å². The number of nitrogens with zero attached hydrogens (tertiary/aromatic N) is 4. The van der Waals surface area contributed by atoms with Crippen LogP contribution in [-0.2, 0) is 13.6 Å². The lowest BCUT2D eigenvalue weighted by atomic mass is 10.1. The molecule has 4 heteroatoms. The van der Waals surface area contributed by atoms with Crippen LogP contribution in [0.3, 0.4) is 0 Å². The molecule has 22 heavy (non-hydrogen) atoms. The van der Waals surface area contributed by atoms with Crippen molar-refractivity contribution in [1.29, 1.82) is 0 Å². The maximum absolute atomic E-state index is 4.60. The molecule has 1 aliphatic rings. The van der Waals surface area contributed by atoms with Crippen LogP contribution in [0.4, 0.5) is 5.69 Å². The first-order chi connectivity index (χ1) is 10.6. The predicted octanol–water partition coefficient (Wildman–Crippen LogP) is 2.69. The lowest BCUT2D eigenvalue weighted by Gasteiger charge is -2.22. The van der Waals surface area contributed by atoms with E-state index in [1.165, 1.54) is 24.3 Å². The minimum absolute atomic E-state index is 0.745. The van der Waals surface area contributed by atoms with Gasteiger partial charge in [0.1, 0.15) is 5.82 Å². The highest BCUT2D eigenvalue weighted by Gasteiger charge is 2.23. The summed E-state index contributed by atoms with van der Waals surface area (Å²) in [5.41, 5.74) is 2.52. The summed E-state index contributed by atoms with van der Waals surface area (Å²) in [5.74, 6) is 1.83. The van der Waals surface area contributed by atoms with Crippen molar-refractivity contribution in [3.05, 3.63) is 48.0 Å². The third-order valence-corrected chi connectivity index (χ3v) is 4.57. The van der Waals surface area contributed by atoms with Gasteiger partial charge >= 0.3 is 0 Å². The standard InChI is InChI=1S/C18H26N4/c1-15-19-17(14-21(15)3)13-20(2)11-16-9-10-22(12-16)18-7-5-4-6-8-18/h4-8,14,16H,9-13H2,1-3H3. The summed E-state index contributed by atoms with van der Waals surface area (Å²) in [6, 6.07) is 10.8. The van der Waals surface area contributed by atoms with E-state index in [1.54, 1.807) is 0 Å². The zero-order valence-corrected chi connectivity index (χ0v) is 13.9. The molecule has 1 saturated heterocycles. The highest BCUT2D eigenvalue weighted by Crippen LogP contribution is 2.24. The Hall–Kier alpha value is -1.81. The van der Waals surface area contributed by atoms with Crippen LogP contribution in [0.5, 0.6) is 0 Å². The molecule has 0 N–H and O–H groups in total. The fraction of sp³-hybridized carbons (Fsp3) is 0.500. The van der Waals surface area contributed by atoms with Crippen LogP contribution in [0.2, 0.25) is 0 Å². The van der Waals surface area contributed by atoms with Crippen molar-refractivity contribution in [3.8, 4) is 0 Å². The van der Waals surface area contributed by atoms with E-state index >= 15 is 0 Å². The van der Waals surface area contributed by atoms with E-state index in [1.807, 2.05) is 0 Å². The average Bonchev–Trinajstić information content (AvgIpc) is 3.07. The quantitative estimate of drug-likeness (QED) is 0.848. The van der Waals surface area contributed by atoms with Gasteiger partial charge in [-0.2, -0.15) is 0 Å². The third-order valence-electron chi connectivity index (χ3n) is 4.57. The first-order valence-electron chi connectivity index (χ1n) is 8.09. The topological polar surface area (TPSA) is 24.3 Å². The average molecular weight is 298 g/mol. The van der Waals surface area contributed by atoms with E-state index in [2.05, 4.69) is 76.9 Å². The molecule has 2 aromatic rings. The molecule has 0 spiro atoms. The number of anilines is 1. The molecule has 118 valence electrons. The predicted molar refractivity (Wildman–Crippen MR) is 91.0 cm³/mol. The molecule has 1 aliphatic heterocycles. The molecule has 4 nitrogen and oxygen atoms in total. The Morgan fingerprint density at radius 1 is 1.27 bits per heavy atom. The SMILES string of the molecule is Cc1nc(CN(C)CC2CCN(c3ccccc3)C2)cn1C. The summed E-state index contributed by atoms with van der Waals surface area (Å²) in [6.45, 7) is 6.46. The maximum Gasteiger partial charge on any atom is 0.105 e. The first-order valence-corrected chi connectivity index (χ1v) is 8.09. The van der Waals surface area contributed by atoms with Crippen LogP contribution in [0.15, 0.2) is 36.5 Å². The van der Waals surface area contributed by atoms with Gasteiger partial charge < -0.3 is 14.4 Å². The number of aryl methyl sites for hydroxylation is 2. The lowest BCUT2D eigenvalue weighted by Crippen LogP contribution is -2.28. The lowest BCUT2D eigenvalue weighted by molar-refractivity contribution is 0.277. The molecule has 1 atom stereocenters. The number of para-hydroxylation sites is 1. The number of hydrogen-bond acceptors (Lipinski definition) is 3. The van der Waals surface area contributed by atoms with Crippen molar-refractivity contribution in [2.24, 2.45) is 13.0 Å². The Balaban J connectivity index is 1.51. The molecule has 1 aromatic heterocycles. The van der Waals surface area contributed by atoms with Gasteiger partial charge in [-0.25, -0.2) is 4.98 Å². The van der Waals surface area contributed by atoms with Crippen molar-refractivity contribution in [3.63, 3.8) is 0 Å². The normalized spacial score (nSPS) is 18.4. The second-order valence-electron chi connectivity index (χ2n) is 6.52. The summed E-state index contributed by atoms with van der Waals surface area (Å²) in [5, 5.41) is 0. The second-order valence-corrected chi connectivity index (χ2v) is 6.52. The van der Waals surface area contributed by atoms with E-state index in [4.69, 9.17) is 0 Å². The Labute approximate surface area is 133 Å². The van der Waals surface area contributed by atoms with Crippen LogP contribution >= 0.6 is 0 Å². The van der Waals surface area contributed by atoms with Crippen molar-refractivity contribution < 1.29 is 0 Å². The minimum Gasteiger partial charge on any atom is -0.371 e. The monoisotopic (exact) mass is 298 g/mol. The third kappa shape index (κ3) is 3.50. The van der Waals surface area contributed by atoms with Gasteiger partial charge in [0.05, 0.1) is 5.69 Å². The summed E-state index contributed by atoms with van der Waals surface area (Å²) in [6.07, 6.45) is 3.41. The van der Waals surface area contributed by atoms with Crippen molar-refractivity contribution >= 4 is 5.69 Å². The van der Waals surface area contributed by atoms with E-state index in [0.29, 0.717) is 0 Å². The van der Waals surface area contributed by atoms with Crippen molar-refractivity contribution in [1.82, 2.24) is 14.5 Å². The van der Waals surface area contributed by atoms with Gasteiger partial charge in [0.25, 0.3) is 0 Å². The summed E-state index contributed by atoms with van der Waals surface area (Å²) in [7, 11) is 4.26. The molecule has 1 fully saturated rings. The van der Waals surface area contributed by atoms with Gasteiger partial charge in [0, 0.05) is 45.1 Å². The van der Waals surface area contributed by atoms with Crippen LogP contribution in [0, 0.1) is 12.8 Å². The molecule has 0 amide bonds. The summed E-state index contributed by atoms with van der Waals surface area (Å²) < 4.78 is 2.09. The zero-order chi connectivity index (χ0) is 15.5. The Morgan fingerprint density at radius 3 is 2.73 bits per heavy atom. The fourth-order valence-electron chi connectivity index (χ4n) is 3.35. The number of imidazole rings is 1. The largest absolute Gasteiger partial charge is 0.371 e. The highest BCUT2D eigenvalue weighted by atomic mass is 15.2. The van der Waals surface area contributed by atoms with Crippen molar-refractivity contribution in [2.75, 3.05) is 31.6 Å². The zero-order valence-electron chi connectivity index (χ0n) is 13.9. The Kier molecular flexibility index (Phi) is 4.48. The molecule has 0 saturated carbocycles. The molecule has 0 bridgehead atoms. The number of benzene rings is 1. The smallest absolute Gasteiger partial charge is 0.105 e. The maximum atomic E-state index is 4.60. The molecular formula is C18H26N4. The van der Waals surface area contributed by atoms with Gasteiger partial charge in [-0.3, -0.25) is 0 Å². The molecular weight excluding hydrogens is 272 g/mol. The van der Waals surface area contributed by atoms with Crippen LogP contribution in [-0.4, -0.2) is 41.1 Å². The minimum atomic E-state index is 0.745. The van der Waals surface area contributed by atoms with Crippen molar-refractivity contribution in [2.45, 2.75) is 19.9 Å². The van der Waals surface area contributed by atoms with Crippen LogP contribution < -0.4 is 4.90 Å². The van der Waals surface area contributed by atoms with E-state index in [-0.39, 0.29) is 0 Å². The number of hydrogen-bond donors (Lipinski definition) is 0. The van der Waals surface area contributed by atoms with Crippen LogP contribution in [0.25, 0.3) is 0 Å². The van der Waals surface area contributed by atoms with E-state index < -0.39 is 0 Å². The second kappa shape index (κ2) is 6.53. The molecule has 2 heterocycles. The summed E-state index contributed by atoms with van der Waals surface area (Å²) in [4.78, 5) is 9.51. The molecule has 0 radical (unpaired) electrons. The van der Waals surface area contributed by atoms with E-state index in [9.17, 15) is 0 Å². The van der Waals surface area contributed by atoms with Gasteiger partial charge in [-0.15, -0.1) is 0 Å². The number of rotatable bonds is 5. The molecule has 1 unspecified atom stereocenters. The molecule has 1 aromatic carbocycles. The molecule has 3 rings (SSSR count). The highest BCUT2D eigenvalue weighted by molar-refractivity contribution is 5.46. The van der Waals surface area contributed by atoms with Gasteiger partial charge in [-0.1, -0.05) is 18.2 Å². The fourth-order valence-corrected chi connectivity index (χ4v) is 3.35. The van der Waals surface area contributed by atoms with E-state index in [0.717, 1.165) is 31.4 Å². The van der Waals surface area contributed by atoms with Crippen LogP contribution in [0.1, 0.15) is 17.9 Å². The molecule has 0 aliphatic carbocycles. The Morgan fingerprint density at radius 2 is 2.05 bits per heavy atom. The summed E-state index contributed by atoms with van der Waals surface area (Å²) >= 11 is 0. The Bertz CT molecular complexity index is 585. The van der Waals surface area contributed by atoms with Gasteiger partial charge in [0.15, 0.2) is 0 Å². The first kappa shape index (κ1) is 15.1. The number of aromatic nitrogens is 2.